The van der Waals surface area contributed by atoms with E-state index in [2.05, 4.69) is 4.72 Å². The molecule has 22 heavy (non-hydrogen) atoms. The van der Waals surface area contributed by atoms with Gasteiger partial charge in [-0.25, -0.2) is 30.3 Å². The van der Waals surface area contributed by atoms with Crippen molar-refractivity contribution in [2.45, 2.75) is 23.8 Å². The third kappa shape index (κ3) is 3.80. The molecule has 1 aromatic rings. The van der Waals surface area contributed by atoms with Gasteiger partial charge in [-0.2, -0.15) is 4.31 Å². The van der Waals surface area contributed by atoms with Gasteiger partial charge in [0.15, 0.2) is 4.90 Å². The standard InChI is InChI=1S/C12H16F2N2O4S2/c1-21(17,18)15-9-5-7-16(8-6-9)22(19,20)12-10(13)3-2-4-11(12)14/h2-4,9,15H,5-8H2,1H3. The van der Waals surface area contributed by atoms with E-state index in [4.69, 9.17) is 0 Å². The minimum absolute atomic E-state index is 0.0106. The largest absolute Gasteiger partial charge is 0.248 e. The molecule has 0 spiro atoms. The molecule has 1 aromatic carbocycles. The van der Waals surface area contributed by atoms with Crippen LogP contribution in [0.2, 0.25) is 0 Å². The van der Waals surface area contributed by atoms with E-state index in [1.165, 1.54) is 0 Å². The van der Waals surface area contributed by atoms with Crippen molar-refractivity contribution in [3.05, 3.63) is 29.8 Å². The van der Waals surface area contributed by atoms with Crippen LogP contribution < -0.4 is 4.72 Å². The maximum Gasteiger partial charge on any atom is 0.248 e. The molecule has 0 bridgehead atoms. The van der Waals surface area contributed by atoms with Crippen molar-refractivity contribution in [3.8, 4) is 0 Å². The number of sulfonamides is 2. The van der Waals surface area contributed by atoms with Crippen LogP contribution in [-0.2, 0) is 20.0 Å². The smallest absolute Gasteiger partial charge is 0.213 e. The average Bonchev–Trinajstić information content (AvgIpc) is 2.36. The van der Waals surface area contributed by atoms with Crippen LogP contribution >= 0.6 is 0 Å². The predicted molar refractivity (Wildman–Crippen MR) is 76.1 cm³/mol. The Bertz CT molecular complexity index is 737. The summed E-state index contributed by atoms with van der Waals surface area (Å²) < 4.78 is 77.6. The monoisotopic (exact) mass is 354 g/mol. The van der Waals surface area contributed by atoms with Crippen LogP contribution in [0.4, 0.5) is 8.78 Å². The molecule has 1 saturated heterocycles. The van der Waals surface area contributed by atoms with Crippen molar-refractivity contribution >= 4 is 20.0 Å². The topological polar surface area (TPSA) is 83.6 Å². The third-order valence-corrected chi connectivity index (χ3v) is 6.06. The Hall–Kier alpha value is -1.10. The SMILES string of the molecule is CS(=O)(=O)NC1CCN(S(=O)(=O)c2c(F)cccc2F)CC1. The highest BCUT2D eigenvalue weighted by molar-refractivity contribution is 7.89. The molecule has 1 aliphatic rings. The lowest BCUT2D eigenvalue weighted by Gasteiger charge is -2.31. The van der Waals surface area contributed by atoms with Gasteiger partial charge in [-0.05, 0) is 25.0 Å². The number of halogens is 2. The Morgan fingerprint density at radius 1 is 1.09 bits per heavy atom. The molecule has 0 atom stereocenters. The number of rotatable bonds is 4. The van der Waals surface area contributed by atoms with Gasteiger partial charge in [0.25, 0.3) is 0 Å². The molecule has 1 aliphatic heterocycles. The maximum atomic E-state index is 13.7. The van der Waals surface area contributed by atoms with Gasteiger partial charge in [0.2, 0.25) is 20.0 Å². The number of hydrogen-bond acceptors (Lipinski definition) is 4. The summed E-state index contributed by atoms with van der Waals surface area (Å²) in [5.41, 5.74) is 0. The van der Waals surface area contributed by atoms with Gasteiger partial charge in [-0.15, -0.1) is 0 Å². The lowest BCUT2D eigenvalue weighted by atomic mass is 10.1. The zero-order chi connectivity index (χ0) is 16.5. The lowest BCUT2D eigenvalue weighted by Crippen LogP contribution is -2.46. The first-order valence-corrected chi connectivity index (χ1v) is 9.86. The molecule has 124 valence electrons. The van der Waals surface area contributed by atoms with Crippen LogP contribution in [0.5, 0.6) is 0 Å². The summed E-state index contributed by atoms with van der Waals surface area (Å²) >= 11 is 0. The van der Waals surface area contributed by atoms with Crippen LogP contribution in [0.1, 0.15) is 12.8 Å². The van der Waals surface area contributed by atoms with Gasteiger partial charge in [-0.3, -0.25) is 0 Å². The zero-order valence-corrected chi connectivity index (χ0v) is 13.4. The summed E-state index contributed by atoms with van der Waals surface area (Å²) in [4.78, 5) is -0.968. The van der Waals surface area contributed by atoms with Gasteiger partial charge in [0.1, 0.15) is 11.6 Å². The molecule has 0 aromatic heterocycles. The zero-order valence-electron chi connectivity index (χ0n) is 11.8. The van der Waals surface area contributed by atoms with E-state index in [1.807, 2.05) is 0 Å². The fourth-order valence-corrected chi connectivity index (χ4v) is 4.79. The second-order valence-corrected chi connectivity index (χ2v) is 8.77. The highest BCUT2D eigenvalue weighted by atomic mass is 32.2. The fourth-order valence-electron chi connectivity index (χ4n) is 2.37. The second kappa shape index (κ2) is 6.19. The number of nitrogens with zero attached hydrogens (tertiary/aromatic N) is 1. The molecule has 2 rings (SSSR count). The Labute approximate surface area is 128 Å². The highest BCUT2D eigenvalue weighted by Gasteiger charge is 2.34. The molecule has 0 saturated carbocycles. The van der Waals surface area contributed by atoms with E-state index in [1.54, 1.807) is 0 Å². The average molecular weight is 354 g/mol. The summed E-state index contributed by atoms with van der Waals surface area (Å²) in [7, 11) is -7.66. The van der Waals surface area contributed by atoms with Crippen LogP contribution in [0, 0.1) is 11.6 Å². The number of benzene rings is 1. The molecule has 1 fully saturated rings. The predicted octanol–water partition coefficient (Wildman–Crippen LogP) is 0.667. The van der Waals surface area contributed by atoms with Crippen molar-refractivity contribution in [3.63, 3.8) is 0 Å². The number of hydrogen-bond donors (Lipinski definition) is 1. The van der Waals surface area contributed by atoms with E-state index >= 15 is 0 Å². The van der Waals surface area contributed by atoms with Crippen LogP contribution in [0.3, 0.4) is 0 Å². The van der Waals surface area contributed by atoms with Crippen LogP contribution in [0.25, 0.3) is 0 Å². The molecular formula is C12H16F2N2O4S2. The summed E-state index contributed by atoms with van der Waals surface area (Å²) in [6, 6.07) is 2.47. The first-order valence-electron chi connectivity index (χ1n) is 6.53. The number of nitrogens with one attached hydrogen (secondary N) is 1. The molecular weight excluding hydrogens is 338 g/mol. The summed E-state index contributed by atoms with van der Waals surface area (Å²) in [5.74, 6) is -2.28. The molecule has 1 N–H and O–H groups in total. The van der Waals surface area contributed by atoms with E-state index in [0.29, 0.717) is 0 Å². The van der Waals surface area contributed by atoms with Crippen molar-refractivity contribution in [2.24, 2.45) is 0 Å². The quantitative estimate of drug-likeness (QED) is 0.861. The first kappa shape index (κ1) is 17.3. The Kier molecular flexibility index (Phi) is 4.85. The highest BCUT2D eigenvalue weighted by Crippen LogP contribution is 2.25. The normalized spacial score (nSPS) is 18.5. The second-order valence-electron chi connectivity index (χ2n) is 5.12. The Morgan fingerprint density at radius 2 is 1.59 bits per heavy atom. The summed E-state index contributed by atoms with van der Waals surface area (Å²) in [6.45, 7) is -0.0212. The fraction of sp³-hybridized carbons (Fsp3) is 0.500. The Balaban J connectivity index is 2.17. The van der Waals surface area contributed by atoms with E-state index in [0.717, 1.165) is 28.8 Å². The molecule has 0 unspecified atom stereocenters. The summed E-state index contributed by atoms with van der Waals surface area (Å²) in [6.07, 6.45) is 1.50. The third-order valence-electron chi connectivity index (χ3n) is 3.35. The minimum atomic E-state index is -4.28. The molecule has 0 radical (unpaired) electrons. The van der Waals surface area contributed by atoms with E-state index < -0.39 is 36.6 Å². The molecule has 0 amide bonds. The molecule has 1 heterocycles. The van der Waals surface area contributed by atoms with Gasteiger partial charge in [0.05, 0.1) is 6.26 Å². The Morgan fingerprint density at radius 3 is 2.05 bits per heavy atom. The van der Waals surface area contributed by atoms with Crippen molar-refractivity contribution in [2.75, 3.05) is 19.3 Å². The van der Waals surface area contributed by atoms with Crippen molar-refractivity contribution in [1.82, 2.24) is 9.03 Å². The lowest BCUT2D eigenvalue weighted by molar-refractivity contribution is 0.306. The molecule has 6 nitrogen and oxygen atoms in total. The van der Waals surface area contributed by atoms with Gasteiger partial charge in [-0.1, -0.05) is 6.07 Å². The maximum absolute atomic E-state index is 13.7. The first-order chi connectivity index (χ1) is 10.1. The van der Waals surface area contributed by atoms with Gasteiger partial charge in [0, 0.05) is 19.1 Å². The van der Waals surface area contributed by atoms with E-state index in [-0.39, 0.29) is 32.0 Å². The van der Waals surface area contributed by atoms with E-state index in [9.17, 15) is 25.6 Å². The van der Waals surface area contributed by atoms with Crippen molar-refractivity contribution < 1.29 is 25.6 Å². The summed E-state index contributed by atoms with van der Waals surface area (Å²) in [5, 5.41) is 0. The van der Waals surface area contributed by atoms with Crippen LogP contribution in [-0.4, -0.2) is 46.5 Å². The number of piperidine rings is 1. The molecule has 0 aliphatic carbocycles. The minimum Gasteiger partial charge on any atom is -0.213 e. The molecule has 10 heteroatoms. The van der Waals surface area contributed by atoms with Crippen molar-refractivity contribution in [1.29, 1.82) is 0 Å². The van der Waals surface area contributed by atoms with Crippen LogP contribution in [0.15, 0.2) is 23.1 Å². The van der Waals surface area contributed by atoms with Gasteiger partial charge >= 0.3 is 0 Å². The van der Waals surface area contributed by atoms with Gasteiger partial charge < -0.3 is 0 Å².